The first-order valence-electron chi connectivity index (χ1n) is 6.22. The van der Waals surface area contributed by atoms with Crippen LogP contribution >= 0.6 is 11.6 Å². The van der Waals surface area contributed by atoms with Gasteiger partial charge < -0.3 is 5.32 Å². The number of nitrogens with one attached hydrogen (secondary N) is 2. The molecule has 18 heavy (non-hydrogen) atoms. The summed E-state index contributed by atoms with van der Waals surface area (Å²) in [6, 6.07) is 7.68. The summed E-state index contributed by atoms with van der Waals surface area (Å²) in [5, 5.41) is 6.87. The van der Waals surface area contributed by atoms with Gasteiger partial charge in [-0.3, -0.25) is 10.1 Å². The lowest BCUT2D eigenvalue weighted by molar-refractivity contribution is -0.123. The zero-order chi connectivity index (χ0) is 13.7. The molecule has 0 aromatic heterocycles. The highest BCUT2D eigenvalue weighted by Crippen LogP contribution is 2.16. The van der Waals surface area contributed by atoms with Crippen LogP contribution in [0.1, 0.15) is 39.3 Å². The van der Waals surface area contributed by atoms with Crippen molar-refractivity contribution in [2.45, 2.75) is 45.8 Å². The first kappa shape index (κ1) is 15.0. The number of benzene rings is 1. The standard InChI is InChI=1S/C14H21ClN2O/c1-9(2)16-14(18)11(4)17-10(3)12-5-7-13(15)8-6-12/h5-11,17H,1-4H3,(H,16,18)/t10-,11?/m1/s1. The van der Waals surface area contributed by atoms with Gasteiger partial charge in [0.1, 0.15) is 0 Å². The molecule has 0 heterocycles. The molecule has 0 aliphatic heterocycles. The molecule has 4 heteroatoms. The SMILES string of the molecule is CC(C)NC(=O)C(C)N[C@H](C)c1ccc(Cl)cc1. The molecule has 0 bridgehead atoms. The van der Waals surface area contributed by atoms with Gasteiger partial charge in [0.2, 0.25) is 5.91 Å². The minimum absolute atomic E-state index is 0.0193. The Hall–Kier alpha value is -1.06. The molecule has 0 radical (unpaired) electrons. The molecular weight excluding hydrogens is 248 g/mol. The van der Waals surface area contributed by atoms with Gasteiger partial charge in [-0.25, -0.2) is 0 Å². The molecular formula is C14H21ClN2O. The van der Waals surface area contributed by atoms with E-state index in [1.807, 2.05) is 52.0 Å². The van der Waals surface area contributed by atoms with Crippen molar-refractivity contribution < 1.29 is 4.79 Å². The molecule has 1 unspecified atom stereocenters. The molecule has 2 N–H and O–H groups in total. The molecule has 0 spiro atoms. The van der Waals surface area contributed by atoms with Gasteiger partial charge in [0, 0.05) is 17.1 Å². The van der Waals surface area contributed by atoms with E-state index in [1.165, 1.54) is 0 Å². The van der Waals surface area contributed by atoms with Crippen LogP contribution in [0.2, 0.25) is 5.02 Å². The van der Waals surface area contributed by atoms with E-state index in [9.17, 15) is 4.79 Å². The molecule has 1 aromatic carbocycles. The lowest BCUT2D eigenvalue weighted by atomic mass is 10.1. The van der Waals surface area contributed by atoms with Crippen LogP contribution in [0.5, 0.6) is 0 Å². The zero-order valence-corrected chi connectivity index (χ0v) is 12.1. The van der Waals surface area contributed by atoms with Gasteiger partial charge in [-0.05, 0) is 45.4 Å². The summed E-state index contributed by atoms with van der Waals surface area (Å²) in [5.41, 5.74) is 1.11. The number of carbonyl (C=O) groups excluding carboxylic acids is 1. The van der Waals surface area contributed by atoms with Crippen LogP contribution < -0.4 is 10.6 Å². The topological polar surface area (TPSA) is 41.1 Å². The Morgan fingerprint density at radius 1 is 1.11 bits per heavy atom. The quantitative estimate of drug-likeness (QED) is 0.862. The summed E-state index contributed by atoms with van der Waals surface area (Å²) in [6.07, 6.45) is 0. The third-order valence-corrected chi connectivity index (χ3v) is 2.95. The molecule has 3 nitrogen and oxygen atoms in total. The maximum absolute atomic E-state index is 11.8. The van der Waals surface area contributed by atoms with E-state index in [1.54, 1.807) is 0 Å². The van der Waals surface area contributed by atoms with Crippen molar-refractivity contribution in [3.63, 3.8) is 0 Å². The highest BCUT2D eigenvalue weighted by molar-refractivity contribution is 6.30. The van der Waals surface area contributed by atoms with Crippen LogP contribution in [0, 0.1) is 0 Å². The largest absolute Gasteiger partial charge is 0.353 e. The highest BCUT2D eigenvalue weighted by Gasteiger charge is 2.16. The van der Waals surface area contributed by atoms with Gasteiger partial charge in [0.15, 0.2) is 0 Å². The number of carbonyl (C=O) groups is 1. The summed E-state index contributed by atoms with van der Waals surface area (Å²) in [7, 11) is 0. The number of hydrogen-bond donors (Lipinski definition) is 2. The highest BCUT2D eigenvalue weighted by atomic mass is 35.5. The summed E-state index contributed by atoms with van der Waals surface area (Å²) in [5.74, 6) is 0.0193. The molecule has 0 saturated carbocycles. The monoisotopic (exact) mass is 268 g/mol. The minimum Gasteiger partial charge on any atom is -0.353 e. The van der Waals surface area contributed by atoms with Gasteiger partial charge in [-0.1, -0.05) is 23.7 Å². The number of halogens is 1. The van der Waals surface area contributed by atoms with Gasteiger partial charge in [0.05, 0.1) is 6.04 Å². The summed E-state index contributed by atoms with van der Waals surface area (Å²) in [6.45, 7) is 7.80. The molecule has 0 saturated heterocycles. The van der Waals surface area contributed by atoms with Crippen LogP contribution in [-0.4, -0.2) is 18.0 Å². The van der Waals surface area contributed by atoms with Crippen molar-refractivity contribution in [3.8, 4) is 0 Å². The van der Waals surface area contributed by atoms with E-state index < -0.39 is 0 Å². The second-order valence-corrected chi connectivity index (χ2v) is 5.26. The van der Waals surface area contributed by atoms with Crippen molar-refractivity contribution >= 4 is 17.5 Å². The average Bonchev–Trinajstić information content (AvgIpc) is 2.28. The second-order valence-electron chi connectivity index (χ2n) is 4.82. The Balaban J connectivity index is 2.56. The molecule has 0 aliphatic rings. The van der Waals surface area contributed by atoms with Gasteiger partial charge in [-0.2, -0.15) is 0 Å². The van der Waals surface area contributed by atoms with Crippen molar-refractivity contribution in [2.75, 3.05) is 0 Å². The first-order chi connectivity index (χ1) is 8.40. The van der Waals surface area contributed by atoms with Gasteiger partial charge in [-0.15, -0.1) is 0 Å². The normalized spacial score (nSPS) is 14.3. The molecule has 2 atom stereocenters. The van der Waals surface area contributed by atoms with Crippen molar-refractivity contribution in [1.82, 2.24) is 10.6 Å². The Labute approximate surface area is 114 Å². The number of rotatable bonds is 5. The molecule has 1 amide bonds. The van der Waals surface area contributed by atoms with Crippen LogP contribution in [0.3, 0.4) is 0 Å². The fraction of sp³-hybridized carbons (Fsp3) is 0.500. The van der Waals surface area contributed by atoms with Crippen molar-refractivity contribution in [3.05, 3.63) is 34.9 Å². The predicted octanol–water partition coefficient (Wildman–Crippen LogP) is 2.90. The van der Waals surface area contributed by atoms with E-state index >= 15 is 0 Å². The summed E-state index contributed by atoms with van der Waals surface area (Å²) >= 11 is 5.85. The Bertz CT molecular complexity index is 389. The molecule has 0 aliphatic carbocycles. The van der Waals surface area contributed by atoms with Crippen LogP contribution in [0.4, 0.5) is 0 Å². The maximum atomic E-state index is 11.8. The fourth-order valence-corrected chi connectivity index (χ4v) is 1.83. The zero-order valence-electron chi connectivity index (χ0n) is 11.3. The molecule has 0 fully saturated rings. The maximum Gasteiger partial charge on any atom is 0.237 e. The average molecular weight is 269 g/mol. The Morgan fingerprint density at radius 3 is 2.17 bits per heavy atom. The smallest absolute Gasteiger partial charge is 0.237 e. The third-order valence-electron chi connectivity index (χ3n) is 2.69. The fourth-order valence-electron chi connectivity index (χ4n) is 1.71. The molecule has 1 aromatic rings. The first-order valence-corrected chi connectivity index (χ1v) is 6.60. The predicted molar refractivity (Wildman–Crippen MR) is 75.7 cm³/mol. The van der Waals surface area contributed by atoms with Crippen LogP contribution in [0.25, 0.3) is 0 Å². The van der Waals surface area contributed by atoms with Crippen LogP contribution in [0.15, 0.2) is 24.3 Å². The number of amides is 1. The van der Waals surface area contributed by atoms with E-state index in [2.05, 4.69) is 10.6 Å². The van der Waals surface area contributed by atoms with E-state index in [4.69, 9.17) is 11.6 Å². The lowest BCUT2D eigenvalue weighted by Gasteiger charge is -2.21. The Kier molecular flexibility index (Phi) is 5.63. The van der Waals surface area contributed by atoms with Crippen LogP contribution in [-0.2, 0) is 4.79 Å². The Morgan fingerprint density at radius 2 is 1.67 bits per heavy atom. The van der Waals surface area contributed by atoms with E-state index in [0.717, 1.165) is 10.6 Å². The minimum atomic E-state index is -0.224. The number of hydrogen-bond acceptors (Lipinski definition) is 2. The lowest BCUT2D eigenvalue weighted by Crippen LogP contribution is -2.45. The second kappa shape index (κ2) is 6.76. The third kappa shape index (κ3) is 4.67. The molecule has 100 valence electrons. The van der Waals surface area contributed by atoms with E-state index in [-0.39, 0.29) is 24.0 Å². The van der Waals surface area contributed by atoms with E-state index in [0.29, 0.717) is 0 Å². The van der Waals surface area contributed by atoms with Gasteiger partial charge in [0.25, 0.3) is 0 Å². The summed E-state index contributed by atoms with van der Waals surface area (Å²) < 4.78 is 0. The molecule has 1 rings (SSSR count). The van der Waals surface area contributed by atoms with Gasteiger partial charge >= 0.3 is 0 Å². The van der Waals surface area contributed by atoms with Crippen molar-refractivity contribution in [1.29, 1.82) is 0 Å². The van der Waals surface area contributed by atoms with Crippen molar-refractivity contribution in [2.24, 2.45) is 0 Å². The summed E-state index contributed by atoms with van der Waals surface area (Å²) in [4.78, 5) is 11.8.